The molecular weight excluding hydrogens is 261 g/mol. The van der Waals surface area contributed by atoms with Gasteiger partial charge in [-0.2, -0.15) is 4.62 Å². The first-order valence-electron chi connectivity index (χ1n) is 5.49. The van der Waals surface area contributed by atoms with Gasteiger partial charge < -0.3 is 10.6 Å². The fourth-order valence-electron chi connectivity index (χ4n) is 0.999. The van der Waals surface area contributed by atoms with Crippen LogP contribution in [0.4, 0.5) is 0 Å². The summed E-state index contributed by atoms with van der Waals surface area (Å²) in [6, 6.07) is 0. The Morgan fingerprint density at radius 2 is 2.06 bits per heavy atom. The van der Waals surface area contributed by atoms with Crippen molar-refractivity contribution in [1.29, 1.82) is 10.8 Å². The first kappa shape index (κ1) is 16.9. The van der Waals surface area contributed by atoms with E-state index in [0.29, 0.717) is 6.42 Å². The van der Waals surface area contributed by atoms with Gasteiger partial charge in [-0.15, -0.1) is 0 Å². The number of hydrogen-bond acceptors (Lipinski definition) is 5. The third kappa shape index (κ3) is 10.0. The number of nitrogens with two attached hydrogens (primary N) is 1. The lowest BCUT2D eigenvalue weighted by Gasteiger charge is -2.13. The van der Waals surface area contributed by atoms with E-state index in [4.69, 9.17) is 16.6 Å². The summed E-state index contributed by atoms with van der Waals surface area (Å²) in [6.07, 6.45) is 3.66. The monoisotopic (exact) mass is 281 g/mol. The fourth-order valence-corrected chi connectivity index (χ4v) is 1.62. The second-order valence-corrected chi connectivity index (χ2v) is 4.85. The Balaban J connectivity index is 3.76. The van der Waals surface area contributed by atoms with Crippen molar-refractivity contribution in [1.82, 2.24) is 10.8 Å². The second kappa shape index (κ2) is 8.87. The molecular formula is C8H20N5O4P. The molecule has 0 fully saturated rings. The highest BCUT2D eigenvalue weighted by Gasteiger charge is 2.21. The van der Waals surface area contributed by atoms with Crippen LogP contribution in [-0.4, -0.2) is 23.4 Å². The summed E-state index contributed by atoms with van der Waals surface area (Å²) < 4.78 is 20.2. The molecule has 1 unspecified atom stereocenters. The Morgan fingerprint density at radius 1 is 1.39 bits per heavy atom. The van der Waals surface area contributed by atoms with Gasteiger partial charge in [0.15, 0.2) is 5.96 Å². The molecule has 0 aliphatic heterocycles. The molecule has 7 N–H and O–H groups in total. The van der Waals surface area contributed by atoms with E-state index in [0.717, 1.165) is 19.3 Å². The quantitative estimate of drug-likeness (QED) is 0.125. The number of hydrogen-bond donors (Lipinski definition) is 6. The molecule has 106 valence electrons. The van der Waals surface area contributed by atoms with Crippen LogP contribution < -0.4 is 16.5 Å². The van der Waals surface area contributed by atoms with Crippen LogP contribution in [0.5, 0.6) is 0 Å². The molecule has 0 heterocycles. The molecule has 0 spiro atoms. The van der Waals surface area contributed by atoms with Crippen molar-refractivity contribution < 1.29 is 18.6 Å². The van der Waals surface area contributed by atoms with Gasteiger partial charge in [0.25, 0.3) is 0 Å². The number of phosphoric acid groups is 1. The molecule has 18 heavy (non-hydrogen) atoms. The van der Waals surface area contributed by atoms with E-state index in [-0.39, 0.29) is 6.61 Å². The Hall–Kier alpha value is -1.15. The molecule has 0 saturated carbocycles. The molecule has 0 aliphatic rings. The standard InChI is InChI=1S/C8H20N5O4P/c1-2-3-4-5-6-16-18(14,15)17-13-8(11)12-7(9)10/h2-6H2,1H3,(H,14,15)(H6,9,10,11,12,13). The lowest BCUT2D eigenvalue weighted by atomic mass is 10.2. The summed E-state index contributed by atoms with van der Waals surface area (Å²) in [5.74, 6) is -1.03. The summed E-state index contributed by atoms with van der Waals surface area (Å²) in [6.45, 7) is 2.15. The molecule has 0 aromatic rings. The minimum Gasteiger partial charge on any atom is -0.370 e. The first-order chi connectivity index (χ1) is 8.37. The molecule has 0 aromatic heterocycles. The molecule has 0 amide bonds. The van der Waals surface area contributed by atoms with Gasteiger partial charge in [0.2, 0.25) is 5.96 Å². The zero-order chi connectivity index (χ0) is 14.0. The molecule has 0 saturated heterocycles. The van der Waals surface area contributed by atoms with E-state index in [9.17, 15) is 9.46 Å². The molecule has 9 nitrogen and oxygen atoms in total. The van der Waals surface area contributed by atoms with Crippen LogP contribution in [0.2, 0.25) is 0 Å². The average Bonchev–Trinajstić information content (AvgIpc) is 2.25. The lowest BCUT2D eigenvalue weighted by Crippen LogP contribution is -2.42. The van der Waals surface area contributed by atoms with Gasteiger partial charge in [0.05, 0.1) is 6.61 Å². The third-order valence-electron chi connectivity index (χ3n) is 1.78. The largest absolute Gasteiger partial charge is 0.493 e. The van der Waals surface area contributed by atoms with Gasteiger partial charge in [-0.1, -0.05) is 26.2 Å². The van der Waals surface area contributed by atoms with Gasteiger partial charge >= 0.3 is 7.82 Å². The minimum atomic E-state index is -4.24. The Kier molecular flexibility index (Phi) is 8.30. The summed E-state index contributed by atoms with van der Waals surface area (Å²) >= 11 is 0. The number of nitrogens with one attached hydrogen (secondary N) is 4. The highest BCUT2D eigenvalue weighted by molar-refractivity contribution is 7.47. The molecule has 1 atom stereocenters. The molecule has 0 aromatic carbocycles. The number of hydroxylamine groups is 1. The number of guanidine groups is 2. The van der Waals surface area contributed by atoms with Crippen molar-refractivity contribution in [3.8, 4) is 0 Å². The van der Waals surface area contributed by atoms with E-state index in [1.165, 1.54) is 0 Å². The van der Waals surface area contributed by atoms with Crippen molar-refractivity contribution in [2.75, 3.05) is 6.61 Å². The fraction of sp³-hybridized carbons (Fsp3) is 0.750. The van der Waals surface area contributed by atoms with Crippen LogP contribution in [-0.2, 0) is 13.7 Å². The SMILES string of the molecule is CCCCCCOP(=O)(O)ONC(=N)NC(=N)N. The molecule has 0 bridgehead atoms. The summed E-state index contributed by atoms with van der Waals surface area (Å²) in [4.78, 5) is 9.19. The number of unbranched alkanes of at least 4 members (excludes halogenated alkanes) is 3. The summed E-state index contributed by atoms with van der Waals surface area (Å²) in [5, 5.41) is 15.9. The number of rotatable bonds is 8. The maximum absolute atomic E-state index is 11.3. The number of phosphoric ester groups is 1. The summed E-state index contributed by atoms with van der Waals surface area (Å²) in [5.41, 5.74) is 6.75. The Morgan fingerprint density at radius 3 is 2.61 bits per heavy atom. The normalized spacial score (nSPS) is 13.7. The van der Waals surface area contributed by atoms with E-state index >= 15 is 0 Å². The van der Waals surface area contributed by atoms with Gasteiger partial charge in [0, 0.05) is 0 Å². The molecule has 0 rings (SSSR count). The van der Waals surface area contributed by atoms with Crippen LogP contribution >= 0.6 is 7.82 Å². The Labute approximate surface area is 106 Å². The second-order valence-electron chi connectivity index (χ2n) is 3.47. The van der Waals surface area contributed by atoms with Gasteiger partial charge in [-0.25, -0.2) is 10.0 Å². The van der Waals surface area contributed by atoms with Crippen LogP contribution in [0.25, 0.3) is 0 Å². The van der Waals surface area contributed by atoms with Crippen molar-refractivity contribution in [3.05, 3.63) is 0 Å². The molecule has 0 aliphatic carbocycles. The molecule has 0 radical (unpaired) electrons. The van der Waals surface area contributed by atoms with Gasteiger partial charge in [0.1, 0.15) is 0 Å². The van der Waals surface area contributed by atoms with Crippen molar-refractivity contribution in [3.63, 3.8) is 0 Å². The maximum Gasteiger partial charge on any atom is 0.493 e. The first-order valence-corrected chi connectivity index (χ1v) is 6.98. The average molecular weight is 281 g/mol. The zero-order valence-corrected chi connectivity index (χ0v) is 11.1. The van der Waals surface area contributed by atoms with Crippen LogP contribution in [0.15, 0.2) is 0 Å². The van der Waals surface area contributed by atoms with Crippen molar-refractivity contribution in [2.24, 2.45) is 5.73 Å². The van der Waals surface area contributed by atoms with Crippen LogP contribution in [0, 0.1) is 10.8 Å². The van der Waals surface area contributed by atoms with Gasteiger partial charge in [-0.3, -0.25) is 20.7 Å². The highest BCUT2D eigenvalue weighted by atomic mass is 31.2. The topological polar surface area (TPSA) is 154 Å². The smallest absolute Gasteiger partial charge is 0.370 e. The predicted molar refractivity (Wildman–Crippen MR) is 66.9 cm³/mol. The highest BCUT2D eigenvalue weighted by Crippen LogP contribution is 2.41. The zero-order valence-electron chi connectivity index (χ0n) is 10.2. The van der Waals surface area contributed by atoms with Gasteiger partial charge in [-0.05, 0) is 6.42 Å². The van der Waals surface area contributed by atoms with E-state index in [1.807, 2.05) is 10.8 Å². The molecule has 10 heteroatoms. The van der Waals surface area contributed by atoms with E-state index in [1.54, 1.807) is 0 Å². The predicted octanol–water partition coefficient (Wildman–Crippen LogP) is 0.623. The van der Waals surface area contributed by atoms with E-state index < -0.39 is 19.7 Å². The minimum absolute atomic E-state index is 0.100. The van der Waals surface area contributed by atoms with Crippen LogP contribution in [0.3, 0.4) is 0 Å². The van der Waals surface area contributed by atoms with Crippen molar-refractivity contribution in [2.45, 2.75) is 32.6 Å². The Bertz CT molecular complexity index is 325. The van der Waals surface area contributed by atoms with E-state index in [2.05, 4.69) is 16.1 Å². The lowest BCUT2D eigenvalue weighted by molar-refractivity contribution is 0.122. The van der Waals surface area contributed by atoms with Crippen LogP contribution in [0.1, 0.15) is 32.6 Å². The third-order valence-corrected chi connectivity index (χ3v) is 2.61. The maximum atomic E-state index is 11.3. The summed E-state index contributed by atoms with van der Waals surface area (Å²) in [7, 11) is -4.24. The van der Waals surface area contributed by atoms with Crippen molar-refractivity contribution >= 4 is 19.7 Å².